The zero-order valence-corrected chi connectivity index (χ0v) is 17.7. The highest BCUT2D eigenvalue weighted by Gasteiger charge is 2.35. The molecular formula is C26H21N3O4. The number of hydrogen-bond acceptors (Lipinski definition) is 5. The average Bonchev–Trinajstić information content (AvgIpc) is 3.16. The lowest BCUT2D eigenvalue weighted by Crippen LogP contribution is -2.24. The van der Waals surface area contributed by atoms with E-state index in [1.165, 1.54) is 0 Å². The molecule has 0 radical (unpaired) electrons. The Labute approximate surface area is 190 Å². The summed E-state index contributed by atoms with van der Waals surface area (Å²) in [5.41, 5.74) is 4.20. The number of para-hydroxylation sites is 1. The van der Waals surface area contributed by atoms with Gasteiger partial charge < -0.3 is 15.1 Å². The van der Waals surface area contributed by atoms with E-state index >= 15 is 0 Å². The van der Waals surface area contributed by atoms with E-state index in [-0.39, 0.29) is 17.0 Å². The molecule has 1 amide bonds. The molecular weight excluding hydrogens is 418 g/mol. The lowest BCUT2D eigenvalue weighted by molar-refractivity contribution is -0.129. The molecule has 3 aromatic carbocycles. The van der Waals surface area contributed by atoms with Crippen LogP contribution in [0.5, 0.6) is 5.75 Å². The minimum atomic E-state index is -1.25. The van der Waals surface area contributed by atoms with Crippen LogP contribution in [0.1, 0.15) is 17.5 Å². The van der Waals surface area contributed by atoms with Gasteiger partial charge in [-0.05, 0) is 78.6 Å². The molecule has 7 nitrogen and oxygen atoms in total. The summed E-state index contributed by atoms with van der Waals surface area (Å²) in [7, 11) is 0. The van der Waals surface area contributed by atoms with Crippen molar-refractivity contribution in [3.63, 3.8) is 0 Å². The molecule has 5 rings (SSSR count). The molecule has 33 heavy (non-hydrogen) atoms. The maximum absolute atomic E-state index is 13.0. The molecule has 2 aliphatic rings. The maximum atomic E-state index is 13.0. The van der Waals surface area contributed by atoms with Crippen LogP contribution in [0.3, 0.4) is 0 Å². The highest BCUT2D eigenvalue weighted by molar-refractivity contribution is 6.53. The molecule has 0 atom stereocenters. The molecule has 0 aliphatic carbocycles. The van der Waals surface area contributed by atoms with E-state index in [9.17, 15) is 19.8 Å². The number of phenols is 1. The van der Waals surface area contributed by atoms with Crippen molar-refractivity contribution in [3.8, 4) is 5.75 Å². The Morgan fingerprint density at radius 1 is 0.970 bits per heavy atom. The zero-order valence-electron chi connectivity index (χ0n) is 17.7. The van der Waals surface area contributed by atoms with Crippen LogP contribution in [0.4, 0.5) is 17.1 Å². The number of rotatable bonds is 4. The van der Waals surface area contributed by atoms with Gasteiger partial charge in [0.2, 0.25) is 0 Å². The molecule has 0 saturated carbocycles. The van der Waals surface area contributed by atoms with Crippen LogP contribution in [0.25, 0.3) is 6.08 Å². The lowest BCUT2D eigenvalue weighted by Gasteiger charge is -2.31. The number of carbonyl (C=O) groups excluding carboxylic acids is 1. The van der Waals surface area contributed by atoms with Gasteiger partial charge in [0, 0.05) is 17.9 Å². The number of hydrogen-bond donors (Lipinski definition) is 2. The summed E-state index contributed by atoms with van der Waals surface area (Å²) in [5, 5.41) is 24.4. The van der Waals surface area contributed by atoms with Crippen LogP contribution >= 0.6 is 0 Å². The quantitative estimate of drug-likeness (QED) is 0.590. The second-order valence-corrected chi connectivity index (χ2v) is 7.92. The van der Waals surface area contributed by atoms with E-state index in [4.69, 9.17) is 0 Å². The monoisotopic (exact) mass is 439 g/mol. The normalized spacial score (nSPS) is 16.7. The van der Waals surface area contributed by atoms with Crippen LogP contribution in [0.15, 0.2) is 83.5 Å². The van der Waals surface area contributed by atoms with Crippen molar-refractivity contribution in [2.45, 2.75) is 12.8 Å². The van der Waals surface area contributed by atoms with Crippen molar-refractivity contribution in [1.29, 1.82) is 0 Å². The Kier molecular flexibility index (Phi) is 5.14. The highest BCUT2D eigenvalue weighted by Crippen LogP contribution is 2.35. The van der Waals surface area contributed by atoms with Gasteiger partial charge in [0.1, 0.15) is 5.75 Å². The lowest BCUT2D eigenvalue weighted by atomic mass is 9.97. The predicted molar refractivity (Wildman–Crippen MR) is 127 cm³/mol. The molecule has 2 N–H and O–H groups in total. The Bertz CT molecular complexity index is 1300. The molecule has 7 heteroatoms. The minimum Gasteiger partial charge on any atom is -0.508 e. The fourth-order valence-corrected chi connectivity index (χ4v) is 4.22. The number of carbonyl (C=O) groups is 2. The van der Waals surface area contributed by atoms with Gasteiger partial charge in [0.25, 0.3) is 5.91 Å². The van der Waals surface area contributed by atoms with Gasteiger partial charge in [-0.15, -0.1) is 0 Å². The van der Waals surface area contributed by atoms with Crippen LogP contribution in [-0.4, -0.2) is 34.3 Å². The first-order valence-corrected chi connectivity index (χ1v) is 10.6. The van der Waals surface area contributed by atoms with Crippen molar-refractivity contribution in [3.05, 3.63) is 89.5 Å². The number of carboxylic acids is 1. The van der Waals surface area contributed by atoms with Gasteiger partial charge in [-0.25, -0.2) is 4.79 Å². The third kappa shape index (κ3) is 3.85. The van der Waals surface area contributed by atoms with Crippen molar-refractivity contribution in [2.24, 2.45) is 5.10 Å². The number of benzene rings is 3. The van der Waals surface area contributed by atoms with E-state index in [1.54, 1.807) is 42.5 Å². The van der Waals surface area contributed by atoms with Crippen molar-refractivity contribution in [2.75, 3.05) is 16.5 Å². The molecule has 0 bridgehead atoms. The number of aryl methyl sites for hydroxylation is 1. The molecule has 2 aliphatic heterocycles. The minimum absolute atomic E-state index is 0.0532. The second kappa shape index (κ2) is 8.27. The fourth-order valence-electron chi connectivity index (χ4n) is 4.22. The van der Waals surface area contributed by atoms with E-state index in [2.05, 4.69) is 10.0 Å². The van der Waals surface area contributed by atoms with E-state index < -0.39 is 11.9 Å². The number of phenolic OH excluding ortho intramolecular Hbond substituents is 1. The smallest absolute Gasteiger partial charge is 0.357 e. The molecule has 0 saturated heterocycles. The molecule has 0 fully saturated rings. The summed E-state index contributed by atoms with van der Waals surface area (Å²) in [4.78, 5) is 27.0. The van der Waals surface area contributed by atoms with Gasteiger partial charge in [0.15, 0.2) is 5.71 Å². The summed E-state index contributed by atoms with van der Waals surface area (Å²) >= 11 is 0. The van der Waals surface area contributed by atoms with Crippen LogP contribution in [0, 0.1) is 0 Å². The zero-order chi connectivity index (χ0) is 22.9. The molecule has 0 spiro atoms. The van der Waals surface area contributed by atoms with Crippen LogP contribution in [-0.2, 0) is 16.0 Å². The standard InChI is InChI=1S/C26H21N3O4/c30-21-11-9-19(10-12-21)28-14-4-5-18-15-17(8-13-23(18)28)16-22-24(26(32)33)27-29(25(22)31)20-6-2-1-3-7-20/h1-3,6-13,15-16,30H,4-5,14H2,(H,32,33)/b22-16-. The first kappa shape index (κ1) is 20.5. The van der Waals surface area contributed by atoms with Gasteiger partial charge in [-0.3, -0.25) is 4.79 Å². The highest BCUT2D eigenvalue weighted by atomic mass is 16.4. The van der Waals surface area contributed by atoms with Gasteiger partial charge in [-0.1, -0.05) is 24.3 Å². The largest absolute Gasteiger partial charge is 0.508 e. The average molecular weight is 439 g/mol. The Morgan fingerprint density at radius 3 is 2.45 bits per heavy atom. The molecule has 0 unspecified atom stereocenters. The first-order valence-electron chi connectivity index (χ1n) is 10.6. The Morgan fingerprint density at radius 2 is 1.73 bits per heavy atom. The summed E-state index contributed by atoms with van der Waals surface area (Å²) < 4.78 is 0. The number of hydrazone groups is 1. The molecule has 0 aromatic heterocycles. The number of anilines is 3. The SMILES string of the molecule is O=C(O)C1=NN(c2ccccc2)C(=O)/C1=C\c1ccc2c(c1)CCCN2c1ccc(O)cc1. The molecule has 2 heterocycles. The Hall–Kier alpha value is -4.39. The van der Waals surface area contributed by atoms with E-state index in [0.717, 1.165) is 46.9 Å². The van der Waals surface area contributed by atoms with Crippen molar-refractivity contribution < 1.29 is 19.8 Å². The van der Waals surface area contributed by atoms with Gasteiger partial charge >= 0.3 is 5.97 Å². The van der Waals surface area contributed by atoms with Crippen molar-refractivity contribution in [1.82, 2.24) is 0 Å². The van der Waals surface area contributed by atoms with Crippen LogP contribution in [0.2, 0.25) is 0 Å². The van der Waals surface area contributed by atoms with Crippen LogP contribution < -0.4 is 9.91 Å². The third-order valence-corrected chi connectivity index (χ3v) is 5.78. The summed E-state index contributed by atoms with van der Waals surface area (Å²) in [6.07, 6.45) is 3.43. The molecule has 3 aromatic rings. The number of carboxylic acid groups (broad SMARTS) is 1. The van der Waals surface area contributed by atoms with Gasteiger partial charge in [0.05, 0.1) is 11.3 Å². The number of nitrogens with zero attached hydrogens (tertiary/aromatic N) is 3. The predicted octanol–water partition coefficient (Wildman–Crippen LogP) is 4.35. The number of aliphatic carboxylic acids is 1. The van der Waals surface area contributed by atoms with E-state index in [0.29, 0.717) is 5.69 Å². The third-order valence-electron chi connectivity index (χ3n) is 5.78. The Balaban J connectivity index is 1.49. The first-order chi connectivity index (χ1) is 16.0. The topological polar surface area (TPSA) is 93.4 Å². The number of fused-ring (bicyclic) bond motifs is 1. The number of aromatic hydroxyl groups is 1. The van der Waals surface area contributed by atoms with Gasteiger partial charge in [-0.2, -0.15) is 10.1 Å². The second-order valence-electron chi connectivity index (χ2n) is 7.92. The number of amides is 1. The molecule has 164 valence electrons. The summed E-state index contributed by atoms with van der Waals surface area (Å²) in [6, 6.07) is 21.7. The maximum Gasteiger partial charge on any atom is 0.357 e. The fraction of sp³-hybridized carbons (Fsp3) is 0.115. The summed E-state index contributed by atoms with van der Waals surface area (Å²) in [6.45, 7) is 0.860. The van der Waals surface area contributed by atoms with E-state index in [1.807, 2.05) is 36.4 Å². The summed E-state index contributed by atoms with van der Waals surface area (Å²) in [5.74, 6) is -1.49. The van der Waals surface area contributed by atoms with Crippen molar-refractivity contribution >= 4 is 40.7 Å².